The van der Waals surface area contributed by atoms with Crippen LogP contribution < -0.4 is 5.32 Å². The molecule has 1 heterocycles. The number of fused-ring (bicyclic) bond motifs is 1. The predicted molar refractivity (Wildman–Crippen MR) is 64.7 cm³/mol. The third kappa shape index (κ3) is 2.64. The monoisotopic (exact) mass is 222 g/mol. The predicted octanol–water partition coefficient (Wildman–Crippen LogP) is 2.66. The van der Waals surface area contributed by atoms with E-state index in [1.165, 1.54) is 18.5 Å². The van der Waals surface area contributed by atoms with Gasteiger partial charge in [0, 0.05) is 12.3 Å². The molecule has 16 heavy (non-hydrogen) atoms. The highest BCUT2D eigenvalue weighted by atomic mass is 16.4. The Kier molecular flexibility index (Phi) is 3.99. The Labute approximate surface area is 97.6 Å². The van der Waals surface area contributed by atoms with Crippen molar-refractivity contribution in [2.24, 2.45) is 0 Å². The molecule has 1 aliphatic rings. The highest BCUT2D eigenvalue weighted by molar-refractivity contribution is 5.14. The van der Waals surface area contributed by atoms with E-state index < -0.39 is 0 Å². The van der Waals surface area contributed by atoms with Crippen LogP contribution in [-0.2, 0) is 12.8 Å². The molecule has 0 fully saturated rings. The van der Waals surface area contributed by atoms with E-state index in [0.717, 1.165) is 44.0 Å². The number of oxazole rings is 1. The smallest absolute Gasteiger partial charge is 0.197 e. The SMILES string of the molecule is CCNCCC(C)c1nc2c(o1)CCCC2. The summed E-state index contributed by atoms with van der Waals surface area (Å²) in [5, 5.41) is 3.34. The number of rotatable bonds is 5. The number of hydrogen-bond donors (Lipinski definition) is 1. The molecule has 1 atom stereocenters. The molecule has 0 saturated carbocycles. The maximum absolute atomic E-state index is 5.86. The van der Waals surface area contributed by atoms with Gasteiger partial charge in [-0.3, -0.25) is 0 Å². The molecule has 0 saturated heterocycles. The van der Waals surface area contributed by atoms with E-state index in [-0.39, 0.29) is 0 Å². The first-order chi connectivity index (χ1) is 7.81. The summed E-state index contributed by atoms with van der Waals surface area (Å²) in [6, 6.07) is 0. The van der Waals surface area contributed by atoms with Crippen molar-refractivity contribution in [1.29, 1.82) is 0 Å². The molecule has 1 N–H and O–H groups in total. The maximum Gasteiger partial charge on any atom is 0.197 e. The first-order valence-corrected chi connectivity index (χ1v) is 6.50. The van der Waals surface area contributed by atoms with Crippen molar-refractivity contribution in [3.63, 3.8) is 0 Å². The van der Waals surface area contributed by atoms with Gasteiger partial charge in [-0.1, -0.05) is 13.8 Å². The lowest BCUT2D eigenvalue weighted by Gasteiger charge is -2.07. The first-order valence-electron chi connectivity index (χ1n) is 6.50. The Hall–Kier alpha value is -0.830. The molecule has 1 aromatic heterocycles. The standard InChI is InChI=1S/C13H22N2O/c1-3-14-9-8-10(2)13-15-11-6-4-5-7-12(11)16-13/h10,14H,3-9H2,1-2H3. The van der Waals surface area contributed by atoms with Gasteiger partial charge in [-0.05, 0) is 38.8 Å². The fourth-order valence-electron chi connectivity index (χ4n) is 2.20. The van der Waals surface area contributed by atoms with Gasteiger partial charge in [0.15, 0.2) is 5.89 Å². The van der Waals surface area contributed by atoms with Crippen molar-refractivity contribution in [3.05, 3.63) is 17.3 Å². The highest BCUT2D eigenvalue weighted by Crippen LogP contribution is 2.26. The second-order valence-electron chi connectivity index (χ2n) is 4.67. The molecule has 0 bridgehead atoms. The number of hydrogen-bond acceptors (Lipinski definition) is 3. The molecule has 3 heteroatoms. The van der Waals surface area contributed by atoms with Crippen molar-refractivity contribution < 1.29 is 4.42 Å². The minimum atomic E-state index is 0.435. The summed E-state index contributed by atoms with van der Waals surface area (Å²) in [4.78, 5) is 4.63. The fraction of sp³-hybridized carbons (Fsp3) is 0.769. The molecule has 1 aliphatic carbocycles. The number of nitrogens with zero attached hydrogens (tertiary/aromatic N) is 1. The van der Waals surface area contributed by atoms with Crippen LogP contribution in [0.15, 0.2) is 4.42 Å². The zero-order valence-electron chi connectivity index (χ0n) is 10.4. The average molecular weight is 222 g/mol. The summed E-state index contributed by atoms with van der Waals surface area (Å²) in [5.74, 6) is 2.53. The molecule has 0 spiro atoms. The van der Waals surface area contributed by atoms with Gasteiger partial charge in [-0.15, -0.1) is 0 Å². The molecular weight excluding hydrogens is 200 g/mol. The molecule has 3 nitrogen and oxygen atoms in total. The van der Waals surface area contributed by atoms with Crippen LogP contribution in [0.4, 0.5) is 0 Å². The van der Waals surface area contributed by atoms with E-state index in [2.05, 4.69) is 24.1 Å². The van der Waals surface area contributed by atoms with Crippen LogP contribution in [-0.4, -0.2) is 18.1 Å². The molecule has 0 radical (unpaired) electrons. The normalized spacial score (nSPS) is 17.1. The molecule has 2 rings (SSSR count). The Morgan fingerprint density at radius 2 is 2.19 bits per heavy atom. The average Bonchev–Trinajstić information content (AvgIpc) is 2.73. The van der Waals surface area contributed by atoms with Crippen LogP contribution in [0.3, 0.4) is 0 Å². The minimum Gasteiger partial charge on any atom is -0.445 e. The molecule has 90 valence electrons. The van der Waals surface area contributed by atoms with Gasteiger partial charge >= 0.3 is 0 Å². The third-order valence-electron chi connectivity index (χ3n) is 3.29. The lowest BCUT2D eigenvalue weighted by molar-refractivity contribution is 0.405. The summed E-state index contributed by atoms with van der Waals surface area (Å²) < 4.78 is 5.86. The van der Waals surface area contributed by atoms with Crippen LogP contribution in [0.25, 0.3) is 0 Å². The largest absolute Gasteiger partial charge is 0.445 e. The Balaban J connectivity index is 1.95. The topological polar surface area (TPSA) is 38.1 Å². The third-order valence-corrected chi connectivity index (χ3v) is 3.29. The Morgan fingerprint density at radius 1 is 1.38 bits per heavy atom. The zero-order chi connectivity index (χ0) is 11.4. The van der Waals surface area contributed by atoms with Crippen molar-refractivity contribution in [3.8, 4) is 0 Å². The van der Waals surface area contributed by atoms with Gasteiger partial charge < -0.3 is 9.73 Å². The summed E-state index contributed by atoms with van der Waals surface area (Å²) in [6.07, 6.45) is 5.83. The lowest BCUT2D eigenvalue weighted by atomic mass is 10.0. The van der Waals surface area contributed by atoms with E-state index in [9.17, 15) is 0 Å². The van der Waals surface area contributed by atoms with Crippen LogP contribution in [0.1, 0.15) is 56.4 Å². The van der Waals surface area contributed by atoms with Crippen molar-refractivity contribution in [2.45, 2.75) is 51.9 Å². The van der Waals surface area contributed by atoms with Crippen LogP contribution >= 0.6 is 0 Å². The molecule has 1 aromatic rings. The van der Waals surface area contributed by atoms with Crippen molar-refractivity contribution in [2.75, 3.05) is 13.1 Å². The van der Waals surface area contributed by atoms with E-state index >= 15 is 0 Å². The van der Waals surface area contributed by atoms with Crippen molar-refractivity contribution >= 4 is 0 Å². The number of nitrogens with one attached hydrogen (secondary N) is 1. The quantitative estimate of drug-likeness (QED) is 0.778. The van der Waals surface area contributed by atoms with Gasteiger partial charge in [0.1, 0.15) is 5.76 Å². The molecule has 1 unspecified atom stereocenters. The zero-order valence-corrected chi connectivity index (χ0v) is 10.4. The molecule has 0 aliphatic heterocycles. The molecular formula is C13H22N2O. The fourth-order valence-corrected chi connectivity index (χ4v) is 2.20. The summed E-state index contributed by atoms with van der Waals surface area (Å²) in [5.41, 5.74) is 1.22. The first kappa shape index (κ1) is 11.6. The van der Waals surface area contributed by atoms with E-state index in [1.54, 1.807) is 0 Å². The van der Waals surface area contributed by atoms with Crippen LogP contribution in [0, 0.1) is 0 Å². The van der Waals surface area contributed by atoms with E-state index in [4.69, 9.17) is 4.42 Å². The van der Waals surface area contributed by atoms with Crippen LogP contribution in [0.5, 0.6) is 0 Å². The van der Waals surface area contributed by atoms with Gasteiger partial charge in [-0.25, -0.2) is 4.98 Å². The summed E-state index contributed by atoms with van der Waals surface area (Å²) >= 11 is 0. The van der Waals surface area contributed by atoms with Crippen LogP contribution in [0.2, 0.25) is 0 Å². The highest BCUT2D eigenvalue weighted by Gasteiger charge is 2.19. The van der Waals surface area contributed by atoms with Gasteiger partial charge in [-0.2, -0.15) is 0 Å². The number of aryl methyl sites for hydroxylation is 2. The van der Waals surface area contributed by atoms with Gasteiger partial charge in [0.2, 0.25) is 0 Å². The number of aromatic nitrogens is 1. The van der Waals surface area contributed by atoms with E-state index in [1.807, 2.05) is 0 Å². The summed E-state index contributed by atoms with van der Waals surface area (Å²) in [7, 11) is 0. The van der Waals surface area contributed by atoms with Gasteiger partial charge in [0.05, 0.1) is 5.69 Å². The lowest BCUT2D eigenvalue weighted by Crippen LogP contribution is -2.16. The Morgan fingerprint density at radius 3 is 2.94 bits per heavy atom. The molecule has 0 aromatic carbocycles. The second kappa shape index (κ2) is 5.48. The minimum absolute atomic E-state index is 0.435. The molecule has 0 amide bonds. The van der Waals surface area contributed by atoms with Crippen molar-refractivity contribution in [1.82, 2.24) is 10.3 Å². The van der Waals surface area contributed by atoms with E-state index in [0.29, 0.717) is 5.92 Å². The van der Waals surface area contributed by atoms with Gasteiger partial charge in [0.25, 0.3) is 0 Å². The Bertz CT molecular complexity index is 309. The maximum atomic E-state index is 5.86. The summed E-state index contributed by atoms with van der Waals surface area (Å²) in [6.45, 7) is 6.42. The second-order valence-corrected chi connectivity index (χ2v) is 4.67.